The lowest BCUT2D eigenvalue weighted by Gasteiger charge is -2.10. The first kappa shape index (κ1) is 16.2. The van der Waals surface area contributed by atoms with Crippen LogP contribution in [0.1, 0.15) is 11.1 Å². The van der Waals surface area contributed by atoms with Gasteiger partial charge in [0.05, 0.1) is 0 Å². The fourth-order valence-corrected chi connectivity index (χ4v) is 3.62. The summed E-state index contributed by atoms with van der Waals surface area (Å²) in [5.74, 6) is -0.811. The number of fused-ring (bicyclic) bond motifs is 1. The molecular weight excluding hydrogens is 331 g/mol. The van der Waals surface area contributed by atoms with E-state index < -0.39 is 20.7 Å². The predicted octanol–water partition coefficient (Wildman–Crippen LogP) is 3.08. The summed E-state index contributed by atoms with van der Waals surface area (Å²) < 4.78 is 41.1. The van der Waals surface area contributed by atoms with Crippen molar-refractivity contribution in [1.29, 1.82) is 0 Å². The molecule has 0 aliphatic carbocycles. The van der Waals surface area contributed by atoms with Crippen molar-refractivity contribution >= 4 is 26.6 Å². The third kappa shape index (κ3) is 3.03. The summed E-state index contributed by atoms with van der Waals surface area (Å²) in [5, 5.41) is 0.678. The van der Waals surface area contributed by atoms with Gasteiger partial charge in [0.2, 0.25) is 0 Å². The van der Waals surface area contributed by atoms with Crippen molar-refractivity contribution in [3.05, 3.63) is 69.8 Å². The molecule has 0 atom stereocenters. The molecule has 2 N–H and O–H groups in total. The number of aromatic amines is 1. The second-order valence-corrected chi connectivity index (χ2v) is 7.27. The molecule has 0 spiro atoms. The van der Waals surface area contributed by atoms with Crippen molar-refractivity contribution < 1.29 is 12.8 Å². The highest BCUT2D eigenvalue weighted by Gasteiger charge is 2.19. The van der Waals surface area contributed by atoms with Crippen LogP contribution in [0.2, 0.25) is 0 Å². The number of rotatable bonds is 3. The molecule has 3 rings (SSSR count). The molecule has 0 aliphatic heterocycles. The smallest absolute Gasteiger partial charge is 0.264 e. The molecule has 1 aromatic heterocycles. The van der Waals surface area contributed by atoms with E-state index in [1.54, 1.807) is 32.0 Å². The van der Waals surface area contributed by atoms with Crippen LogP contribution in [0.15, 0.2) is 52.2 Å². The number of benzene rings is 2. The Morgan fingerprint density at radius 2 is 1.79 bits per heavy atom. The average Bonchev–Trinajstić information content (AvgIpc) is 2.50. The summed E-state index contributed by atoms with van der Waals surface area (Å²) in [5.41, 5.74) is 1.85. The van der Waals surface area contributed by atoms with E-state index in [4.69, 9.17) is 0 Å². The lowest BCUT2D eigenvalue weighted by molar-refractivity contribution is 0.570. The van der Waals surface area contributed by atoms with Crippen LogP contribution in [0, 0.1) is 19.7 Å². The topological polar surface area (TPSA) is 79.0 Å². The van der Waals surface area contributed by atoms with E-state index in [9.17, 15) is 17.6 Å². The molecule has 7 heteroatoms. The summed E-state index contributed by atoms with van der Waals surface area (Å²) in [6.07, 6.45) is 0. The maximum absolute atomic E-state index is 13.9. The molecule has 0 unspecified atom stereocenters. The molecule has 0 aliphatic rings. The molecule has 0 radical (unpaired) electrons. The van der Waals surface area contributed by atoms with Gasteiger partial charge in [-0.15, -0.1) is 0 Å². The van der Waals surface area contributed by atoms with Crippen molar-refractivity contribution in [2.45, 2.75) is 18.7 Å². The maximum Gasteiger partial charge on any atom is 0.264 e. The van der Waals surface area contributed by atoms with Gasteiger partial charge in [-0.3, -0.25) is 9.52 Å². The molecule has 0 fully saturated rings. The third-order valence-corrected chi connectivity index (χ3v) is 5.05. The standard InChI is InChI=1S/C17H15FN2O3S/c1-10-3-5-14(18)16(7-10)24(22,23)20-13-4-6-15-12(9-13)8-11(2)17(21)19-15/h3-9,20H,1-2H3,(H,19,21). The van der Waals surface area contributed by atoms with E-state index in [-0.39, 0.29) is 11.2 Å². The SMILES string of the molecule is Cc1ccc(F)c(S(=O)(=O)Nc2ccc3[nH]c(=O)c(C)cc3c2)c1. The molecule has 0 saturated carbocycles. The van der Waals surface area contributed by atoms with Crippen LogP contribution in [-0.4, -0.2) is 13.4 Å². The van der Waals surface area contributed by atoms with Gasteiger partial charge in [-0.25, -0.2) is 12.8 Å². The fourth-order valence-electron chi connectivity index (χ4n) is 2.41. The zero-order chi connectivity index (χ0) is 17.5. The predicted molar refractivity (Wildman–Crippen MR) is 91.3 cm³/mol. The Hall–Kier alpha value is -2.67. The minimum absolute atomic E-state index is 0.197. The quantitative estimate of drug-likeness (QED) is 0.765. The summed E-state index contributed by atoms with van der Waals surface area (Å²) >= 11 is 0. The van der Waals surface area contributed by atoms with Gasteiger partial charge >= 0.3 is 0 Å². The number of hydrogen-bond acceptors (Lipinski definition) is 3. The Labute approximate surface area is 138 Å². The van der Waals surface area contributed by atoms with Crippen LogP contribution in [0.5, 0.6) is 0 Å². The summed E-state index contributed by atoms with van der Waals surface area (Å²) in [4.78, 5) is 13.9. The van der Waals surface area contributed by atoms with E-state index >= 15 is 0 Å². The Morgan fingerprint density at radius 3 is 2.54 bits per heavy atom. The minimum atomic E-state index is -4.05. The number of halogens is 1. The monoisotopic (exact) mass is 346 g/mol. The molecule has 0 amide bonds. The Balaban J connectivity index is 2.04. The number of hydrogen-bond donors (Lipinski definition) is 2. The van der Waals surface area contributed by atoms with Crippen LogP contribution >= 0.6 is 0 Å². The van der Waals surface area contributed by atoms with Crippen molar-refractivity contribution in [3.63, 3.8) is 0 Å². The highest BCUT2D eigenvalue weighted by atomic mass is 32.2. The molecule has 5 nitrogen and oxygen atoms in total. The Kier molecular flexibility index (Phi) is 3.88. The van der Waals surface area contributed by atoms with Crippen LogP contribution < -0.4 is 10.3 Å². The second kappa shape index (κ2) is 5.76. The van der Waals surface area contributed by atoms with Gasteiger partial charge in [0.15, 0.2) is 0 Å². The van der Waals surface area contributed by atoms with E-state index in [2.05, 4.69) is 9.71 Å². The lowest BCUT2D eigenvalue weighted by atomic mass is 10.1. The first-order valence-electron chi connectivity index (χ1n) is 7.19. The molecule has 2 aromatic carbocycles. The van der Waals surface area contributed by atoms with Gasteiger partial charge < -0.3 is 4.98 Å². The number of sulfonamides is 1. The summed E-state index contributed by atoms with van der Waals surface area (Å²) in [6, 6.07) is 10.3. The van der Waals surface area contributed by atoms with Crippen LogP contribution in [0.3, 0.4) is 0 Å². The van der Waals surface area contributed by atoms with Crippen LogP contribution in [0.25, 0.3) is 10.9 Å². The van der Waals surface area contributed by atoms with Crippen molar-refractivity contribution in [1.82, 2.24) is 4.98 Å². The zero-order valence-corrected chi connectivity index (χ0v) is 13.9. The fraction of sp³-hybridized carbons (Fsp3) is 0.118. The molecule has 124 valence electrons. The highest BCUT2D eigenvalue weighted by molar-refractivity contribution is 7.92. The number of anilines is 1. The first-order chi connectivity index (χ1) is 11.3. The number of pyridine rings is 1. The normalized spacial score (nSPS) is 11.6. The van der Waals surface area contributed by atoms with Gasteiger partial charge in [0.1, 0.15) is 10.7 Å². The van der Waals surface area contributed by atoms with E-state index in [1.165, 1.54) is 18.2 Å². The molecule has 3 aromatic rings. The van der Waals surface area contributed by atoms with E-state index in [1.807, 2.05) is 0 Å². The Bertz CT molecular complexity index is 1100. The molecule has 24 heavy (non-hydrogen) atoms. The van der Waals surface area contributed by atoms with Gasteiger partial charge in [-0.05, 0) is 55.8 Å². The zero-order valence-electron chi connectivity index (χ0n) is 13.1. The minimum Gasteiger partial charge on any atom is -0.322 e. The van der Waals surface area contributed by atoms with E-state index in [0.29, 0.717) is 22.0 Å². The van der Waals surface area contributed by atoms with Gasteiger partial charge in [0.25, 0.3) is 15.6 Å². The lowest BCUT2D eigenvalue weighted by Crippen LogP contribution is -2.15. The van der Waals surface area contributed by atoms with Crippen molar-refractivity contribution in [3.8, 4) is 0 Å². The number of H-pyrrole nitrogens is 1. The maximum atomic E-state index is 13.9. The second-order valence-electron chi connectivity index (χ2n) is 5.62. The van der Waals surface area contributed by atoms with Gasteiger partial charge in [0, 0.05) is 22.2 Å². The van der Waals surface area contributed by atoms with E-state index in [0.717, 1.165) is 6.07 Å². The first-order valence-corrected chi connectivity index (χ1v) is 8.67. The number of aryl methyl sites for hydroxylation is 2. The largest absolute Gasteiger partial charge is 0.322 e. The summed E-state index contributed by atoms with van der Waals surface area (Å²) in [6.45, 7) is 3.35. The molecule has 0 bridgehead atoms. The molecule has 0 saturated heterocycles. The summed E-state index contributed by atoms with van der Waals surface area (Å²) in [7, 11) is -4.05. The third-order valence-electron chi connectivity index (χ3n) is 3.66. The number of nitrogens with one attached hydrogen (secondary N) is 2. The average molecular weight is 346 g/mol. The van der Waals surface area contributed by atoms with Gasteiger partial charge in [-0.1, -0.05) is 6.07 Å². The van der Waals surface area contributed by atoms with Crippen molar-refractivity contribution in [2.24, 2.45) is 0 Å². The van der Waals surface area contributed by atoms with Crippen LogP contribution in [-0.2, 0) is 10.0 Å². The number of aromatic nitrogens is 1. The Morgan fingerprint density at radius 1 is 1.04 bits per heavy atom. The van der Waals surface area contributed by atoms with Crippen molar-refractivity contribution in [2.75, 3.05) is 4.72 Å². The molecular formula is C17H15FN2O3S. The molecule has 1 heterocycles. The van der Waals surface area contributed by atoms with Crippen LogP contribution in [0.4, 0.5) is 10.1 Å². The van der Waals surface area contributed by atoms with Gasteiger partial charge in [-0.2, -0.15) is 0 Å². The highest BCUT2D eigenvalue weighted by Crippen LogP contribution is 2.22.